The molecule has 0 aromatic heterocycles. The largest absolute Gasteiger partial charge is 0.373 e. The van der Waals surface area contributed by atoms with Gasteiger partial charge >= 0.3 is 0 Å². The van der Waals surface area contributed by atoms with Gasteiger partial charge in [0.1, 0.15) is 5.78 Å². The lowest BCUT2D eigenvalue weighted by Crippen LogP contribution is -1.94. The highest BCUT2D eigenvalue weighted by atomic mass is 16.6. The average molecular weight is 128 g/mol. The fourth-order valence-corrected chi connectivity index (χ4v) is 0.507. The van der Waals surface area contributed by atoms with E-state index in [1.54, 1.807) is 6.92 Å². The van der Waals surface area contributed by atoms with Crippen molar-refractivity contribution in [2.24, 2.45) is 0 Å². The summed E-state index contributed by atoms with van der Waals surface area (Å²) in [6, 6.07) is 0. The molecule has 2 nitrogen and oxygen atoms in total. The molecule has 0 N–H and O–H groups in total. The van der Waals surface area contributed by atoms with E-state index in [4.69, 9.17) is 4.74 Å². The molecule has 1 aliphatic rings. The van der Waals surface area contributed by atoms with Crippen LogP contribution >= 0.6 is 0 Å². The Morgan fingerprint density at radius 1 is 1.78 bits per heavy atom. The van der Waals surface area contributed by atoms with Crippen molar-refractivity contribution in [3.63, 3.8) is 0 Å². The van der Waals surface area contributed by atoms with E-state index in [0.29, 0.717) is 6.42 Å². The number of epoxide rings is 1. The minimum absolute atomic E-state index is 0.225. The Hall–Kier alpha value is -0.630. The lowest BCUT2D eigenvalue weighted by atomic mass is 10.2. The van der Waals surface area contributed by atoms with Gasteiger partial charge in [0.05, 0.1) is 12.7 Å². The number of Topliss-reactive ketones (excluding diaryl/α,β-unsaturated/α-hetero) is 1. The van der Waals surface area contributed by atoms with Gasteiger partial charge in [-0.25, -0.2) is 0 Å². The van der Waals surface area contributed by atoms with Crippen molar-refractivity contribution in [1.82, 2.24) is 0 Å². The standard InChI is InChI=1S/C5H8O2.C2H4/c1-4(6)2-5-3-7-5;1-2/h5H,2-3H2,1H3;1-2H2. The second-order valence-electron chi connectivity index (χ2n) is 1.86. The Bertz CT molecular complexity index is 95.1. The molecule has 0 radical (unpaired) electrons. The summed E-state index contributed by atoms with van der Waals surface area (Å²) in [6.45, 7) is 8.38. The number of hydrogen-bond donors (Lipinski definition) is 0. The molecule has 1 heterocycles. The monoisotopic (exact) mass is 128 g/mol. The van der Waals surface area contributed by atoms with Crippen LogP contribution in [-0.4, -0.2) is 18.5 Å². The Labute approximate surface area is 55.5 Å². The summed E-state index contributed by atoms with van der Waals surface area (Å²) in [7, 11) is 0. The van der Waals surface area contributed by atoms with Crippen LogP contribution in [0, 0.1) is 0 Å². The third-order valence-corrected chi connectivity index (χ3v) is 0.917. The summed E-state index contributed by atoms with van der Waals surface area (Å²) >= 11 is 0. The van der Waals surface area contributed by atoms with Crippen LogP contribution in [0.25, 0.3) is 0 Å². The number of ketones is 1. The van der Waals surface area contributed by atoms with E-state index < -0.39 is 0 Å². The van der Waals surface area contributed by atoms with E-state index in [0.717, 1.165) is 6.61 Å². The number of hydrogen-bond acceptors (Lipinski definition) is 2. The first kappa shape index (κ1) is 8.37. The zero-order chi connectivity index (χ0) is 7.28. The molecule has 1 atom stereocenters. The van der Waals surface area contributed by atoms with E-state index in [1.165, 1.54) is 0 Å². The van der Waals surface area contributed by atoms with E-state index in [1.807, 2.05) is 0 Å². The normalized spacial score (nSPS) is 21.7. The van der Waals surface area contributed by atoms with Crippen LogP contribution in [0.3, 0.4) is 0 Å². The molecule has 1 unspecified atom stereocenters. The molecule has 1 rings (SSSR count). The Morgan fingerprint density at radius 2 is 2.22 bits per heavy atom. The average Bonchev–Trinajstić information content (AvgIpc) is 2.55. The van der Waals surface area contributed by atoms with Gasteiger partial charge in [0.25, 0.3) is 0 Å². The highest BCUT2D eigenvalue weighted by molar-refractivity contribution is 5.76. The maximum atomic E-state index is 10.2. The molecule has 0 aliphatic carbocycles. The fraction of sp³-hybridized carbons (Fsp3) is 0.571. The number of carbonyl (C=O) groups excluding carboxylic acids is 1. The van der Waals surface area contributed by atoms with Gasteiger partial charge in [-0.15, -0.1) is 13.2 Å². The summed E-state index contributed by atoms with van der Waals surface area (Å²) in [5, 5.41) is 0. The third kappa shape index (κ3) is 5.24. The van der Waals surface area contributed by atoms with E-state index in [9.17, 15) is 4.79 Å². The number of ether oxygens (including phenoxy) is 1. The van der Waals surface area contributed by atoms with Gasteiger partial charge in [-0.3, -0.25) is 4.79 Å². The van der Waals surface area contributed by atoms with Crippen LogP contribution < -0.4 is 0 Å². The Balaban J connectivity index is 0.000000291. The molecule has 2 heteroatoms. The third-order valence-electron chi connectivity index (χ3n) is 0.917. The van der Waals surface area contributed by atoms with Crippen molar-refractivity contribution in [3.8, 4) is 0 Å². The summed E-state index contributed by atoms with van der Waals surface area (Å²) < 4.78 is 4.80. The van der Waals surface area contributed by atoms with Gasteiger partial charge in [0.15, 0.2) is 0 Å². The van der Waals surface area contributed by atoms with E-state index in [-0.39, 0.29) is 11.9 Å². The molecule has 0 amide bonds. The number of rotatable bonds is 2. The van der Waals surface area contributed by atoms with Gasteiger partial charge in [0.2, 0.25) is 0 Å². The molecule has 1 saturated heterocycles. The van der Waals surface area contributed by atoms with E-state index >= 15 is 0 Å². The minimum atomic E-state index is 0.225. The topological polar surface area (TPSA) is 29.6 Å². The Morgan fingerprint density at radius 3 is 2.33 bits per heavy atom. The van der Waals surface area contributed by atoms with Gasteiger partial charge in [-0.1, -0.05) is 0 Å². The molecule has 0 bridgehead atoms. The van der Waals surface area contributed by atoms with Crippen molar-refractivity contribution in [2.45, 2.75) is 19.4 Å². The molecule has 0 saturated carbocycles. The minimum Gasteiger partial charge on any atom is -0.373 e. The Kier molecular flexibility index (Phi) is 3.97. The number of carbonyl (C=O) groups is 1. The molecular weight excluding hydrogens is 116 g/mol. The van der Waals surface area contributed by atoms with Crippen molar-refractivity contribution in [2.75, 3.05) is 6.61 Å². The second-order valence-corrected chi connectivity index (χ2v) is 1.86. The lowest BCUT2D eigenvalue weighted by Gasteiger charge is -1.81. The molecule has 0 aromatic carbocycles. The molecular formula is C7H12O2. The molecule has 1 aliphatic heterocycles. The molecule has 52 valence electrons. The predicted octanol–water partition coefficient (Wildman–Crippen LogP) is 1.17. The maximum Gasteiger partial charge on any atom is 0.132 e. The first-order valence-electron chi connectivity index (χ1n) is 2.90. The maximum absolute atomic E-state index is 10.2. The quantitative estimate of drug-likeness (QED) is 0.412. The molecule has 9 heavy (non-hydrogen) atoms. The fourth-order valence-electron chi connectivity index (χ4n) is 0.507. The van der Waals surface area contributed by atoms with Crippen molar-refractivity contribution >= 4 is 5.78 Å². The zero-order valence-electron chi connectivity index (χ0n) is 5.72. The van der Waals surface area contributed by atoms with Gasteiger partial charge in [-0.2, -0.15) is 0 Å². The summed E-state index contributed by atoms with van der Waals surface area (Å²) in [5.41, 5.74) is 0. The molecule has 0 spiro atoms. The van der Waals surface area contributed by atoms with Crippen LogP contribution in [0.5, 0.6) is 0 Å². The van der Waals surface area contributed by atoms with Gasteiger partial charge < -0.3 is 4.74 Å². The first-order chi connectivity index (χ1) is 4.29. The van der Waals surface area contributed by atoms with Crippen molar-refractivity contribution < 1.29 is 9.53 Å². The van der Waals surface area contributed by atoms with Crippen LogP contribution in [0.4, 0.5) is 0 Å². The molecule has 1 fully saturated rings. The van der Waals surface area contributed by atoms with Crippen LogP contribution in [0.1, 0.15) is 13.3 Å². The summed E-state index contributed by atoms with van der Waals surface area (Å²) in [4.78, 5) is 10.2. The van der Waals surface area contributed by atoms with Crippen molar-refractivity contribution in [1.29, 1.82) is 0 Å². The summed E-state index contributed by atoms with van der Waals surface area (Å²) in [5.74, 6) is 0.225. The van der Waals surface area contributed by atoms with Gasteiger partial charge in [-0.05, 0) is 6.92 Å². The molecule has 0 aromatic rings. The van der Waals surface area contributed by atoms with E-state index in [2.05, 4.69) is 13.2 Å². The second kappa shape index (κ2) is 4.27. The van der Waals surface area contributed by atoms with Crippen LogP contribution in [0.2, 0.25) is 0 Å². The lowest BCUT2D eigenvalue weighted by molar-refractivity contribution is -0.117. The predicted molar refractivity (Wildman–Crippen MR) is 36.3 cm³/mol. The highest BCUT2D eigenvalue weighted by Gasteiger charge is 2.23. The smallest absolute Gasteiger partial charge is 0.132 e. The first-order valence-corrected chi connectivity index (χ1v) is 2.90. The van der Waals surface area contributed by atoms with Crippen LogP contribution in [0.15, 0.2) is 13.2 Å². The SMILES string of the molecule is C=C.CC(=O)CC1CO1. The van der Waals surface area contributed by atoms with Gasteiger partial charge in [0, 0.05) is 6.42 Å². The van der Waals surface area contributed by atoms with Crippen LogP contribution in [-0.2, 0) is 9.53 Å². The van der Waals surface area contributed by atoms with Crippen molar-refractivity contribution in [3.05, 3.63) is 13.2 Å². The zero-order valence-corrected chi connectivity index (χ0v) is 5.72. The summed E-state index contributed by atoms with van der Waals surface area (Å²) in [6.07, 6.45) is 0.887. The highest BCUT2D eigenvalue weighted by Crippen LogP contribution is 2.12.